The van der Waals surface area contributed by atoms with E-state index >= 15 is 0 Å². The van der Waals surface area contributed by atoms with E-state index < -0.39 is 0 Å². The highest BCUT2D eigenvalue weighted by molar-refractivity contribution is 5.97. The first kappa shape index (κ1) is 13.8. The molecule has 1 amide bonds. The van der Waals surface area contributed by atoms with E-state index in [0.717, 1.165) is 17.7 Å². The highest BCUT2D eigenvalue weighted by Gasteiger charge is 2.16. The van der Waals surface area contributed by atoms with Gasteiger partial charge in [-0.3, -0.25) is 4.79 Å². The number of hydrazone groups is 1. The summed E-state index contributed by atoms with van der Waals surface area (Å²) in [5.74, 6) is 0.385. The smallest absolute Gasteiger partial charge is 0.267 e. The van der Waals surface area contributed by atoms with Gasteiger partial charge in [0.05, 0.1) is 0 Å². The summed E-state index contributed by atoms with van der Waals surface area (Å²) >= 11 is 0. The molecule has 0 heterocycles. The van der Waals surface area contributed by atoms with Crippen LogP contribution in [0.1, 0.15) is 54.1 Å². The minimum Gasteiger partial charge on any atom is -0.267 e. The molecule has 2 rings (SSSR count). The Morgan fingerprint density at radius 1 is 1.32 bits per heavy atom. The Kier molecular flexibility index (Phi) is 4.35. The lowest BCUT2D eigenvalue weighted by molar-refractivity contribution is 0.0954. The molecule has 0 aromatic heterocycles. The molecule has 19 heavy (non-hydrogen) atoms. The average Bonchev–Trinajstić information content (AvgIpc) is 2.37. The van der Waals surface area contributed by atoms with Gasteiger partial charge >= 0.3 is 0 Å². The third-order valence-corrected chi connectivity index (χ3v) is 3.82. The Hall–Kier alpha value is -1.64. The summed E-state index contributed by atoms with van der Waals surface area (Å²) in [6.45, 7) is 6.16. The molecule has 0 bridgehead atoms. The highest BCUT2D eigenvalue weighted by atomic mass is 16.2. The number of carbonyl (C=O) groups excluding carboxylic acids is 1. The monoisotopic (exact) mass is 258 g/mol. The van der Waals surface area contributed by atoms with E-state index in [9.17, 15) is 4.79 Å². The second-order valence-electron chi connectivity index (χ2n) is 5.51. The highest BCUT2D eigenvalue weighted by Crippen LogP contribution is 2.20. The SMILES string of the molecule is Cc1ccc(C(=O)N/N=C2/CCCC[C@H]2C)c(C)c1. The molecule has 3 heteroatoms. The van der Waals surface area contributed by atoms with Crippen molar-refractivity contribution in [2.24, 2.45) is 11.0 Å². The van der Waals surface area contributed by atoms with Gasteiger partial charge in [0, 0.05) is 11.3 Å². The van der Waals surface area contributed by atoms with Crippen molar-refractivity contribution in [3.8, 4) is 0 Å². The number of hydrogen-bond donors (Lipinski definition) is 1. The summed E-state index contributed by atoms with van der Waals surface area (Å²) in [5.41, 5.74) is 6.71. The Morgan fingerprint density at radius 2 is 2.11 bits per heavy atom. The molecule has 1 saturated carbocycles. The Bertz CT molecular complexity index is 505. The van der Waals surface area contributed by atoms with Gasteiger partial charge in [0.25, 0.3) is 5.91 Å². The van der Waals surface area contributed by atoms with Crippen LogP contribution >= 0.6 is 0 Å². The van der Waals surface area contributed by atoms with Crippen LogP contribution in [0.15, 0.2) is 23.3 Å². The number of nitrogens with one attached hydrogen (secondary N) is 1. The second kappa shape index (κ2) is 6.00. The molecule has 1 aliphatic rings. The zero-order valence-electron chi connectivity index (χ0n) is 12.0. The Labute approximate surface area is 115 Å². The first-order chi connectivity index (χ1) is 9.08. The predicted molar refractivity (Wildman–Crippen MR) is 78.4 cm³/mol. The molecule has 1 N–H and O–H groups in total. The standard InChI is InChI=1S/C16H22N2O/c1-11-8-9-14(13(3)10-11)16(19)18-17-15-7-5-4-6-12(15)2/h8-10,12H,4-7H2,1-3H3,(H,18,19)/b17-15-/t12-/m1/s1. The molecule has 1 fully saturated rings. The summed E-state index contributed by atoms with van der Waals surface area (Å²) in [4.78, 5) is 12.1. The number of benzene rings is 1. The Balaban J connectivity index is 2.06. The Morgan fingerprint density at radius 3 is 2.79 bits per heavy atom. The van der Waals surface area contributed by atoms with Gasteiger partial charge in [0.2, 0.25) is 0 Å². The van der Waals surface area contributed by atoms with Gasteiger partial charge in [0.15, 0.2) is 0 Å². The van der Waals surface area contributed by atoms with Crippen molar-refractivity contribution >= 4 is 11.6 Å². The molecule has 0 aliphatic heterocycles. The maximum Gasteiger partial charge on any atom is 0.271 e. The summed E-state index contributed by atoms with van der Waals surface area (Å²) in [6, 6.07) is 5.84. The van der Waals surface area contributed by atoms with Crippen LogP contribution in [0.3, 0.4) is 0 Å². The lowest BCUT2D eigenvalue weighted by atomic mass is 9.89. The van der Waals surface area contributed by atoms with Crippen molar-refractivity contribution in [1.82, 2.24) is 5.43 Å². The van der Waals surface area contributed by atoms with Crippen molar-refractivity contribution in [3.63, 3.8) is 0 Å². The van der Waals surface area contributed by atoms with E-state index in [1.165, 1.54) is 24.8 Å². The summed E-state index contributed by atoms with van der Waals surface area (Å²) in [5, 5.41) is 4.32. The van der Waals surface area contributed by atoms with Crippen molar-refractivity contribution in [2.45, 2.75) is 46.5 Å². The number of nitrogens with zero attached hydrogens (tertiary/aromatic N) is 1. The number of hydrogen-bond acceptors (Lipinski definition) is 2. The van der Waals surface area contributed by atoms with E-state index in [1.54, 1.807) is 0 Å². The molecule has 0 spiro atoms. The minimum absolute atomic E-state index is 0.109. The maximum absolute atomic E-state index is 12.1. The molecule has 3 nitrogen and oxygen atoms in total. The van der Waals surface area contributed by atoms with Crippen LogP contribution in [-0.2, 0) is 0 Å². The topological polar surface area (TPSA) is 41.5 Å². The molecule has 1 atom stereocenters. The van der Waals surface area contributed by atoms with Gasteiger partial charge in [-0.2, -0.15) is 5.10 Å². The van der Waals surface area contributed by atoms with Crippen molar-refractivity contribution < 1.29 is 4.79 Å². The van der Waals surface area contributed by atoms with Gasteiger partial charge in [0.1, 0.15) is 0 Å². The summed E-state index contributed by atoms with van der Waals surface area (Å²) in [6.07, 6.45) is 4.64. The van der Waals surface area contributed by atoms with Crippen LogP contribution in [0.5, 0.6) is 0 Å². The van der Waals surface area contributed by atoms with Gasteiger partial charge < -0.3 is 0 Å². The molecule has 0 unspecified atom stereocenters. The van der Waals surface area contributed by atoms with E-state index in [-0.39, 0.29) is 5.91 Å². The lowest BCUT2D eigenvalue weighted by Crippen LogP contribution is -2.24. The van der Waals surface area contributed by atoms with Gasteiger partial charge in [-0.15, -0.1) is 0 Å². The van der Waals surface area contributed by atoms with Crippen LogP contribution in [0.4, 0.5) is 0 Å². The van der Waals surface area contributed by atoms with Gasteiger partial charge in [-0.1, -0.05) is 31.0 Å². The quantitative estimate of drug-likeness (QED) is 0.809. The molecule has 1 aromatic carbocycles. The van der Waals surface area contributed by atoms with Gasteiger partial charge in [-0.05, 0) is 50.7 Å². The van der Waals surface area contributed by atoms with E-state index in [0.29, 0.717) is 11.5 Å². The summed E-state index contributed by atoms with van der Waals surface area (Å²) in [7, 11) is 0. The molecule has 0 radical (unpaired) electrons. The van der Waals surface area contributed by atoms with Crippen molar-refractivity contribution in [2.75, 3.05) is 0 Å². The average molecular weight is 258 g/mol. The zero-order valence-corrected chi connectivity index (χ0v) is 12.0. The molecular formula is C16H22N2O. The van der Waals surface area contributed by atoms with Crippen LogP contribution in [0.2, 0.25) is 0 Å². The fourth-order valence-corrected chi connectivity index (χ4v) is 2.59. The van der Waals surface area contributed by atoms with E-state index in [2.05, 4.69) is 17.5 Å². The van der Waals surface area contributed by atoms with Crippen molar-refractivity contribution in [3.05, 3.63) is 34.9 Å². The van der Waals surface area contributed by atoms with Crippen LogP contribution in [-0.4, -0.2) is 11.6 Å². The van der Waals surface area contributed by atoms with Gasteiger partial charge in [-0.25, -0.2) is 5.43 Å². The largest absolute Gasteiger partial charge is 0.271 e. The van der Waals surface area contributed by atoms with Crippen LogP contribution in [0, 0.1) is 19.8 Å². The van der Waals surface area contributed by atoms with Crippen molar-refractivity contribution in [1.29, 1.82) is 0 Å². The number of carbonyl (C=O) groups is 1. The van der Waals surface area contributed by atoms with E-state index in [1.807, 2.05) is 32.0 Å². The second-order valence-corrected chi connectivity index (χ2v) is 5.51. The van der Waals surface area contributed by atoms with Crippen LogP contribution < -0.4 is 5.43 Å². The van der Waals surface area contributed by atoms with E-state index in [4.69, 9.17) is 0 Å². The zero-order chi connectivity index (χ0) is 13.8. The number of amides is 1. The number of rotatable bonds is 2. The first-order valence-corrected chi connectivity index (χ1v) is 7.02. The third kappa shape index (κ3) is 3.43. The first-order valence-electron chi connectivity index (χ1n) is 7.02. The normalized spacial score (nSPS) is 21.4. The maximum atomic E-state index is 12.1. The number of aryl methyl sites for hydroxylation is 2. The van der Waals surface area contributed by atoms with Crippen LogP contribution in [0.25, 0.3) is 0 Å². The molecule has 0 saturated heterocycles. The molecule has 102 valence electrons. The summed E-state index contributed by atoms with van der Waals surface area (Å²) < 4.78 is 0. The molecular weight excluding hydrogens is 236 g/mol. The lowest BCUT2D eigenvalue weighted by Gasteiger charge is -2.19. The molecule has 1 aliphatic carbocycles. The minimum atomic E-state index is -0.109. The predicted octanol–water partition coefficient (Wildman–Crippen LogP) is 3.60. The fourth-order valence-electron chi connectivity index (χ4n) is 2.59. The fraction of sp³-hybridized carbons (Fsp3) is 0.500. The third-order valence-electron chi connectivity index (χ3n) is 3.82. The molecule has 1 aromatic rings.